The fourth-order valence-corrected chi connectivity index (χ4v) is 2.48. The number of benzene rings is 1. The minimum Gasteiger partial charge on any atom is -0.368 e. The highest BCUT2D eigenvalue weighted by Gasteiger charge is 2.14. The third kappa shape index (κ3) is 3.85. The van der Waals surface area contributed by atoms with Crippen molar-refractivity contribution in [2.24, 2.45) is 0 Å². The number of hydrogen-bond donors (Lipinski definition) is 1. The van der Waals surface area contributed by atoms with Crippen LogP contribution in [0.2, 0.25) is 0 Å². The van der Waals surface area contributed by atoms with Crippen LogP contribution in [-0.4, -0.2) is 19.6 Å². The summed E-state index contributed by atoms with van der Waals surface area (Å²) in [5, 5.41) is 3.47. The maximum Gasteiger partial charge on any atom is 0.0428 e. The van der Waals surface area contributed by atoms with E-state index >= 15 is 0 Å². The molecule has 0 aliphatic rings. The molecule has 0 saturated carbocycles. The first kappa shape index (κ1) is 15.3. The van der Waals surface area contributed by atoms with Gasteiger partial charge in [-0.2, -0.15) is 0 Å². The third-order valence-corrected chi connectivity index (χ3v) is 3.53. The Morgan fingerprint density at radius 3 is 2.72 bits per heavy atom. The summed E-state index contributed by atoms with van der Waals surface area (Å²) in [6, 6.07) is 6.85. The van der Waals surface area contributed by atoms with Crippen LogP contribution in [0, 0.1) is 0 Å². The Hall–Kier alpha value is -0.800. The van der Waals surface area contributed by atoms with Gasteiger partial charge in [-0.1, -0.05) is 35.0 Å². The van der Waals surface area contributed by atoms with Crippen LogP contribution in [0.25, 0.3) is 0 Å². The zero-order valence-corrected chi connectivity index (χ0v) is 13.1. The quantitative estimate of drug-likeness (QED) is 0.762. The molecule has 1 rings (SSSR count). The Kier molecular flexibility index (Phi) is 6.44. The van der Waals surface area contributed by atoms with Crippen molar-refractivity contribution in [3.63, 3.8) is 0 Å². The molecule has 0 heterocycles. The Labute approximate surface area is 119 Å². The van der Waals surface area contributed by atoms with Crippen LogP contribution < -0.4 is 10.2 Å². The third-order valence-electron chi connectivity index (χ3n) is 3.04. The molecule has 2 nitrogen and oxygen atoms in total. The molecule has 100 valence electrons. The van der Waals surface area contributed by atoms with Gasteiger partial charge in [0.25, 0.3) is 0 Å². The number of likely N-dealkylation sites (N-methyl/N-ethyl adjacent to an activating group) is 1. The van der Waals surface area contributed by atoms with Crippen LogP contribution in [0.15, 0.2) is 35.3 Å². The molecule has 0 aromatic heterocycles. The molecular weight excluding hydrogens is 288 g/mol. The summed E-state index contributed by atoms with van der Waals surface area (Å²) < 4.78 is 1.12. The number of rotatable bonds is 7. The first-order valence-corrected chi connectivity index (χ1v) is 7.32. The van der Waals surface area contributed by atoms with Gasteiger partial charge in [0.1, 0.15) is 0 Å². The summed E-state index contributed by atoms with van der Waals surface area (Å²) >= 11 is 3.56. The number of hydrogen-bond acceptors (Lipinski definition) is 2. The van der Waals surface area contributed by atoms with Crippen molar-refractivity contribution >= 4 is 21.6 Å². The summed E-state index contributed by atoms with van der Waals surface area (Å²) in [6.07, 6.45) is 1.95. The van der Waals surface area contributed by atoms with Crippen molar-refractivity contribution in [2.45, 2.75) is 26.8 Å². The molecule has 1 atom stereocenters. The largest absolute Gasteiger partial charge is 0.368 e. The molecule has 1 aromatic rings. The monoisotopic (exact) mass is 310 g/mol. The summed E-state index contributed by atoms with van der Waals surface area (Å²) in [7, 11) is 0. The molecule has 0 saturated heterocycles. The highest BCUT2D eigenvalue weighted by atomic mass is 79.9. The van der Waals surface area contributed by atoms with Gasteiger partial charge in [-0.25, -0.2) is 0 Å². The van der Waals surface area contributed by atoms with Gasteiger partial charge in [-0.15, -0.1) is 6.58 Å². The van der Waals surface area contributed by atoms with Crippen molar-refractivity contribution < 1.29 is 0 Å². The van der Waals surface area contributed by atoms with Crippen molar-refractivity contribution in [2.75, 3.05) is 24.5 Å². The standard InChI is InChI=1S/C15H23BrN2/c1-5-10-18(7-3)15-11-13(16)8-9-14(15)12(4)17-6-2/h5,8-9,11-12,17H,1,6-7,10H2,2-4H3. The van der Waals surface area contributed by atoms with E-state index in [4.69, 9.17) is 0 Å². The Balaban J connectivity index is 3.12. The van der Waals surface area contributed by atoms with Crippen molar-refractivity contribution in [1.29, 1.82) is 0 Å². The Morgan fingerprint density at radius 1 is 1.44 bits per heavy atom. The summed E-state index contributed by atoms with van der Waals surface area (Å²) in [5.41, 5.74) is 2.61. The summed E-state index contributed by atoms with van der Waals surface area (Å²) in [4.78, 5) is 2.33. The Morgan fingerprint density at radius 2 is 2.17 bits per heavy atom. The highest BCUT2D eigenvalue weighted by molar-refractivity contribution is 9.10. The van der Waals surface area contributed by atoms with E-state index in [0.717, 1.165) is 24.1 Å². The predicted octanol–water partition coefficient (Wildman–Crippen LogP) is 4.13. The van der Waals surface area contributed by atoms with Crippen molar-refractivity contribution in [3.8, 4) is 0 Å². The average Bonchev–Trinajstić information content (AvgIpc) is 2.36. The molecule has 0 aliphatic carbocycles. The van der Waals surface area contributed by atoms with Crippen LogP contribution in [-0.2, 0) is 0 Å². The minimum atomic E-state index is 0.358. The summed E-state index contributed by atoms with van der Waals surface area (Å²) in [5.74, 6) is 0. The lowest BCUT2D eigenvalue weighted by atomic mass is 10.0. The zero-order valence-electron chi connectivity index (χ0n) is 11.5. The molecule has 0 amide bonds. The molecule has 3 heteroatoms. The van der Waals surface area contributed by atoms with Gasteiger partial charge in [-0.3, -0.25) is 0 Å². The van der Waals surface area contributed by atoms with Gasteiger partial charge >= 0.3 is 0 Å². The van der Waals surface area contributed by atoms with E-state index in [-0.39, 0.29) is 0 Å². The molecule has 0 spiro atoms. The average molecular weight is 311 g/mol. The maximum absolute atomic E-state index is 3.84. The molecule has 1 unspecified atom stereocenters. The number of nitrogens with zero attached hydrogens (tertiary/aromatic N) is 1. The van der Waals surface area contributed by atoms with Crippen LogP contribution in [0.3, 0.4) is 0 Å². The topological polar surface area (TPSA) is 15.3 Å². The predicted molar refractivity (Wildman–Crippen MR) is 84.3 cm³/mol. The molecule has 0 aliphatic heterocycles. The Bertz CT molecular complexity index is 390. The fraction of sp³-hybridized carbons (Fsp3) is 0.467. The van der Waals surface area contributed by atoms with E-state index in [0.29, 0.717) is 6.04 Å². The molecule has 1 aromatic carbocycles. The summed E-state index contributed by atoms with van der Waals surface area (Å²) in [6.45, 7) is 13.2. The van der Waals surface area contributed by atoms with E-state index in [1.54, 1.807) is 0 Å². The lowest BCUT2D eigenvalue weighted by molar-refractivity contribution is 0.596. The van der Waals surface area contributed by atoms with Crippen molar-refractivity contribution in [3.05, 3.63) is 40.9 Å². The lowest BCUT2D eigenvalue weighted by Crippen LogP contribution is -2.26. The first-order chi connectivity index (χ1) is 8.63. The zero-order chi connectivity index (χ0) is 13.5. The van der Waals surface area contributed by atoms with Gasteiger partial charge in [0.05, 0.1) is 0 Å². The van der Waals surface area contributed by atoms with Gasteiger partial charge in [0.15, 0.2) is 0 Å². The van der Waals surface area contributed by atoms with Gasteiger partial charge < -0.3 is 10.2 Å². The SMILES string of the molecule is C=CCN(CC)c1cc(Br)ccc1C(C)NCC. The molecular formula is C15H23BrN2. The normalized spacial score (nSPS) is 12.2. The minimum absolute atomic E-state index is 0.358. The van der Waals surface area contributed by atoms with E-state index < -0.39 is 0 Å². The van der Waals surface area contributed by atoms with E-state index in [9.17, 15) is 0 Å². The highest BCUT2D eigenvalue weighted by Crippen LogP contribution is 2.29. The van der Waals surface area contributed by atoms with Crippen LogP contribution >= 0.6 is 15.9 Å². The van der Waals surface area contributed by atoms with E-state index in [1.807, 2.05) is 6.08 Å². The smallest absolute Gasteiger partial charge is 0.0428 e. The van der Waals surface area contributed by atoms with E-state index in [2.05, 4.69) is 71.7 Å². The molecule has 0 fully saturated rings. The first-order valence-electron chi connectivity index (χ1n) is 6.52. The number of halogens is 1. The number of anilines is 1. The second kappa shape index (κ2) is 7.59. The van der Waals surface area contributed by atoms with Crippen LogP contribution in [0.4, 0.5) is 5.69 Å². The second-order valence-electron chi connectivity index (χ2n) is 4.31. The van der Waals surface area contributed by atoms with Crippen molar-refractivity contribution in [1.82, 2.24) is 5.32 Å². The van der Waals surface area contributed by atoms with Crippen LogP contribution in [0.5, 0.6) is 0 Å². The van der Waals surface area contributed by atoms with Crippen LogP contribution in [0.1, 0.15) is 32.4 Å². The van der Waals surface area contributed by atoms with Gasteiger partial charge in [0.2, 0.25) is 0 Å². The van der Waals surface area contributed by atoms with E-state index in [1.165, 1.54) is 11.3 Å². The molecule has 0 bridgehead atoms. The van der Waals surface area contributed by atoms with Gasteiger partial charge in [-0.05, 0) is 38.1 Å². The lowest BCUT2D eigenvalue weighted by Gasteiger charge is -2.27. The number of nitrogens with one attached hydrogen (secondary N) is 1. The maximum atomic E-state index is 3.84. The molecule has 18 heavy (non-hydrogen) atoms. The molecule has 1 N–H and O–H groups in total. The molecule has 0 radical (unpaired) electrons. The second-order valence-corrected chi connectivity index (χ2v) is 5.23. The fourth-order valence-electron chi connectivity index (χ4n) is 2.13. The van der Waals surface area contributed by atoms with Gasteiger partial charge in [0, 0.05) is 29.3 Å².